The zero-order valence-corrected chi connectivity index (χ0v) is 10.4. The standard InChI is InChI=1S/C15H14O3/c1-10(2)3-4-11-5-6-14-12(7-11)8-13(9-18-14)15(16)17/h5-8,10H,9H2,1-2H3,(H,16,17). The largest absolute Gasteiger partial charge is 0.488 e. The number of ether oxygens (including phenoxy) is 1. The maximum Gasteiger partial charge on any atom is 0.335 e. The first-order valence-electron chi connectivity index (χ1n) is 5.78. The Morgan fingerprint density at radius 2 is 2.22 bits per heavy atom. The number of rotatable bonds is 1. The summed E-state index contributed by atoms with van der Waals surface area (Å²) in [4.78, 5) is 10.9. The third kappa shape index (κ3) is 2.72. The summed E-state index contributed by atoms with van der Waals surface area (Å²) >= 11 is 0. The fraction of sp³-hybridized carbons (Fsp3) is 0.267. The summed E-state index contributed by atoms with van der Waals surface area (Å²) < 4.78 is 5.38. The molecule has 0 saturated heterocycles. The Bertz CT molecular complexity index is 571. The molecule has 0 amide bonds. The summed E-state index contributed by atoms with van der Waals surface area (Å²) in [6.07, 6.45) is 1.64. The summed E-state index contributed by atoms with van der Waals surface area (Å²) in [5, 5.41) is 8.93. The Balaban J connectivity index is 2.36. The van der Waals surface area contributed by atoms with E-state index in [9.17, 15) is 4.79 Å². The van der Waals surface area contributed by atoms with Crippen LogP contribution in [0.3, 0.4) is 0 Å². The second-order valence-corrected chi connectivity index (χ2v) is 4.44. The Hall–Kier alpha value is -2.21. The van der Waals surface area contributed by atoms with Crippen LogP contribution in [-0.2, 0) is 4.79 Å². The molecule has 1 aromatic carbocycles. The van der Waals surface area contributed by atoms with E-state index in [-0.39, 0.29) is 12.2 Å². The van der Waals surface area contributed by atoms with Crippen LogP contribution in [0.25, 0.3) is 6.08 Å². The second kappa shape index (κ2) is 4.97. The number of carboxylic acids is 1. The molecular formula is C15H14O3. The maximum absolute atomic E-state index is 10.9. The van der Waals surface area contributed by atoms with Crippen LogP contribution in [0.2, 0.25) is 0 Å². The summed E-state index contributed by atoms with van der Waals surface area (Å²) in [6, 6.07) is 5.56. The molecule has 0 unspecified atom stereocenters. The molecule has 3 nitrogen and oxygen atoms in total. The van der Waals surface area contributed by atoms with Gasteiger partial charge in [0.2, 0.25) is 0 Å². The van der Waals surface area contributed by atoms with Crippen molar-refractivity contribution in [3.8, 4) is 17.6 Å². The minimum absolute atomic E-state index is 0.110. The highest BCUT2D eigenvalue weighted by Gasteiger charge is 2.16. The molecule has 0 saturated carbocycles. The first kappa shape index (κ1) is 12.3. The van der Waals surface area contributed by atoms with Gasteiger partial charge in [-0.15, -0.1) is 0 Å². The Morgan fingerprint density at radius 1 is 1.44 bits per heavy atom. The lowest BCUT2D eigenvalue weighted by molar-refractivity contribution is -0.132. The summed E-state index contributed by atoms with van der Waals surface area (Å²) in [6.45, 7) is 4.16. The zero-order chi connectivity index (χ0) is 13.1. The normalized spacial score (nSPS) is 12.9. The van der Waals surface area contributed by atoms with Gasteiger partial charge in [0.15, 0.2) is 0 Å². The van der Waals surface area contributed by atoms with E-state index in [4.69, 9.17) is 9.84 Å². The first-order valence-corrected chi connectivity index (χ1v) is 5.78. The van der Waals surface area contributed by atoms with Crippen LogP contribution in [0, 0.1) is 17.8 Å². The minimum Gasteiger partial charge on any atom is -0.488 e. The molecule has 0 aromatic heterocycles. The number of carbonyl (C=O) groups is 1. The van der Waals surface area contributed by atoms with Gasteiger partial charge in [0, 0.05) is 17.0 Å². The fourth-order valence-electron chi connectivity index (χ4n) is 1.61. The number of aliphatic carboxylic acids is 1. The third-order valence-corrected chi connectivity index (χ3v) is 2.50. The number of fused-ring (bicyclic) bond motifs is 1. The van der Waals surface area contributed by atoms with Crippen LogP contribution in [-0.4, -0.2) is 17.7 Å². The average molecular weight is 242 g/mol. The van der Waals surface area contributed by atoms with E-state index in [1.54, 1.807) is 6.08 Å². The minimum atomic E-state index is -0.945. The molecule has 0 radical (unpaired) electrons. The van der Waals surface area contributed by atoms with Crippen molar-refractivity contribution >= 4 is 12.0 Å². The van der Waals surface area contributed by atoms with E-state index in [0.29, 0.717) is 11.7 Å². The predicted molar refractivity (Wildman–Crippen MR) is 69.3 cm³/mol. The highest BCUT2D eigenvalue weighted by Crippen LogP contribution is 2.27. The van der Waals surface area contributed by atoms with Gasteiger partial charge in [-0.05, 0) is 24.3 Å². The van der Waals surface area contributed by atoms with Crippen molar-refractivity contribution in [2.24, 2.45) is 5.92 Å². The van der Waals surface area contributed by atoms with E-state index in [1.807, 2.05) is 32.0 Å². The Kier molecular flexibility index (Phi) is 3.38. The molecule has 18 heavy (non-hydrogen) atoms. The van der Waals surface area contributed by atoms with E-state index in [0.717, 1.165) is 11.1 Å². The maximum atomic E-state index is 10.9. The van der Waals surface area contributed by atoms with Crippen molar-refractivity contribution in [1.82, 2.24) is 0 Å². The van der Waals surface area contributed by atoms with Gasteiger partial charge in [-0.25, -0.2) is 4.79 Å². The predicted octanol–water partition coefficient (Wildman–Crippen LogP) is 2.55. The third-order valence-electron chi connectivity index (χ3n) is 2.50. The lowest BCUT2D eigenvalue weighted by Gasteiger charge is -2.15. The molecule has 3 heteroatoms. The van der Waals surface area contributed by atoms with Crippen molar-refractivity contribution < 1.29 is 14.6 Å². The average Bonchev–Trinajstić information content (AvgIpc) is 2.35. The highest BCUT2D eigenvalue weighted by molar-refractivity contribution is 5.93. The van der Waals surface area contributed by atoms with E-state index in [1.165, 1.54) is 0 Å². The molecule has 0 fully saturated rings. The van der Waals surface area contributed by atoms with Crippen LogP contribution >= 0.6 is 0 Å². The van der Waals surface area contributed by atoms with Crippen molar-refractivity contribution in [2.45, 2.75) is 13.8 Å². The molecule has 0 bridgehead atoms. The van der Waals surface area contributed by atoms with Crippen molar-refractivity contribution in [3.05, 3.63) is 34.9 Å². The van der Waals surface area contributed by atoms with E-state index in [2.05, 4.69) is 11.8 Å². The van der Waals surface area contributed by atoms with Gasteiger partial charge in [-0.2, -0.15) is 0 Å². The number of benzene rings is 1. The Labute approximate surface area is 106 Å². The molecule has 1 aliphatic rings. The monoisotopic (exact) mass is 242 g/mol. The van der Waals surface area contributed by atoms with Gasteiger partial charge in [-0.1, -0.05) is 25.7 Å². The SMILES string of the molecule is CC(C)C#Cc1ccc2c(c1)C=C(C(=O)O)CO2. The Morgan fingerprint density at radius 3 is 2.89 bits per heavy atom. The van der Waals surface area contributed by atoms with Crippen molar-refractivity contribution in [3.63, 3.8) is 0 Å². The van der Waals surface area contributed by atoms with E-state index >= 15 is 0 Å². The van der Waals surface area contributed by atoms with Crippen LogP contribution in [0.1, 0.15) is 25.0 Å². The van der Waals surface area contributed by atoms with Gasteiger partial charge in [0.1, 0.15) is 12.4 Å². The number of hydrogen-bond donors (Lipinski definition) is 1. The summed E-state index contributed by atoms with van der Waals surface area (Å²) in [7, 11) is 0. The fourth-order valence-corrected chi connectivity index (χ4v) is 1.61. The highest BCUT2D eigenvalue weighted by atomic mass is 16.5. The molecule has 1 aliphatic heterocycles. The van der Waals surface area contributed by atoms with Gasteiger partial charge in [-0.3, -0.25) is 0 Å². The van der Waals surface area contributed by atoms with E-state index < -0.39 is 5.97 Å². The molecule has 1 aromatic rings. The summed E-state index contributed by atoms with van der Waals surface area (Å²) in [5.74, 6) is 6.20. The lowest BCUT2D eigenvalue weighted by atomic mass is 10.0. The lowest BCUT2D eigenvalue weighted by Crippen LogP contribution is -2.14. The van der Waals surface area contributed by atoms with Crippen LogP contribution in [0.5, 0.6) is 5.75 Å². The van der Waals surface area contributed by atoms with Gasteiger partial charge in [0.25, 0.3) is 0 Å². The molecule has 1 N–H and O–H groups in total. The molecule has 0 atom stereocenters. The number of carboxylic acid groups (broad SMARTS) is 1. The smallest absolute Gasteiger partial charge is 0.335 e. The second-order valence-electron chi connectivity index (χ2n) is 4.44. The van der Waals surface area contributed by atoms with Crippen LogP contribution in [0.4, 0.5) is 0 Å². The molecular weight excluding hydrogens is 228 g/mol. The quantitative estimate of drug-likeness (QED) is 0.770. The molecule has 92 valence electrons. The number of hydrogen-bond acceptors (Lipinski definition) is 2. The van der Waals surface area contributed by atoms with Crippen molar-refractivity contribution in [1.29, 1.82) is 0 Å². The summed E-state index contributed by atoms with van der Waals surface area (Å²) in [5.41, 5.74) is 1.90. The molecule has 2 rings (SSSR count). The molecule has 0 aliphatic carbocycles. The topological polar surface area (TPSA) is 46.5 Å². The van der Waals surface area contributed by atoms with Crippen molar-refractivity contribution in [2.75, 3.05) is 6.61 Å². The van der Waals surface area contributed by atoms with Gasteiger partial charge < -0.3 is 9.84 Å². The van der Waals surface area contributed by atoms with Gasteiger partial charge >= 0.3 is 5.97 Å². The zero-order valence-electron chi connectivity index (χ0n) is 10.4. The van der Waals surface area contributed by atoms with Crippen LogP contribution < -0.4 is 4.74 Å². The first-order chi connectivity index (χ1) is 8.56. The molecule has 0 spiro atoms. The van der Waals surface area contributed by atoms with Crippen LogP contribution in [0.15, 0.2) is 23.8 Å². The van der Waals surface area contributed by atoms with Gasteiger partial charge in [0.05, 0.1) is 5.57 Å². The molecule has 1 heterocycles.